The summed E-state index contributed by atoms with van der Waals surface area (Å²) in [5.41, 5.74) is 0. The van der Waals surface area contributed by atoms with Gasteiger partial charge in [-0.15, -0.1) is 0 Å². The number of hydrogen-bond donors (Lipinski definition) is 1. The van der Waals surface area contributed by atoms with E-state index in [1.54, 1.807) is 0 Å². The Morgan fingerprint density at radius 2 is 2.06 bits per heavy atom. The zero-order valence-corrected chi connectivity index (χ0v) is 10.1. The van der Waals surface area contributed by atoms with Crippen LogP contribution < -0.4 is 5.32 Å². The summed E-state index contributed by atoms with van der Waals surface area (Å²) in [6.07, 6.45) is 4.83. The van der Waals surface area contributed by atoms with Crippen molar-refractivity contribution in [1.82, 2.24) is 10.2 Å². The summed E-state index contributed by atoms with van der Waals surface area (Å²) in [6, 6.07) is 0.487. The Kier molecular flexibility index (Phi) is 4.04. The number of carbonyl (C=O) groups excluding carboxylic acids is 1. The molecule has 1 saturated heterocycles. The molecule has 0 aromatic heterocycles. The van der Waals surface area contributed by atoms with E-state index >= 15 is 0 Å². The third-order valence-corrected chi connectivity index (χ3v) is 3.56. The lowest BCUT2D eigenvalue weighted by Gasteiger charge is -2.32. The van der Waals surface area contributed by atoms with Gasteiger partial charge >= 0.3 is 6.03 Å². The van der Waals surface area contributed by atoms with E-state index in [2.05, 4.69) is 12.2 Å². The second-order valence-electron chi connectivity index (χ2n) is 5.02. The van der Waals surface area contributed by atoms with Crippen molar-refractivity contribution in [2.75, 3.05) is 26.3 Å². The Morgan fingerprint density at radius 3 is 2.75 bits per heavy atom. The molecule has 2 fully saturated rings. The molecule has 0 unspecified atom stereocenters. The van der Waals surface area contributed by atoms with E-state index in [0.29, 0.717) is 19.3 Å². The van der Waals surface area contributed by atoms with Crippen molar-refractivity contribution < 1.29 is 9.53 Å². The number of morpholine rings is 1. The fourth-order valence-corrected chi connectivity index (χ4v) is 2.60. The van der Waals surface area contributed by atoms with Crippen molar-refractivity contribution in [3.63, 3.8) is 0 Å². The number of amides is 2. The second kappa shape index (κ2) is 5.53. The van der Waals surface area contributed by atoms with Crippen molar-refractivity contribution in [3.05, 3.63) is 0 Å². The number of hydrogen-bond acceptors (Lipinski definition) is 2. The van der Waals surface area contributed by atoms with Crippen LogP contribution in [0.1, 0.15) is 32.6 Å². The number of urea groups is 1. The van der Waals surface area contributed by atoms with E-state index < -0.39 is 0 Å². The lowest BCUT2D eigenvalue weighted by molar-refractivity contribution is 0.0519. The van der Waals surface area contributed by atoms with Crippen LogP contribution in [-0.4, -0.2) is 43.3 Å². The minimum Gasteiger partial charge on any atom is -0.378 e. The average Bonchev–Trinajstić information content (AvgIpc) is 2.30. The van der Waals surface area contributed by atoms with Gasteiger partial charge in [-0.05, 0) is 18.8 Å². The number of ether oxygens (including phenoxy) is 1. The van der Waals surface area contributed by atoms with Gasteiger partial charge in [0.25, 0.3) is 0 Å². The minimum atomic E-state index is 0.0994. The summed E-state index contributed by atoms with van der Waals surface area (Å²) in [5, 5.41) is 3.15. The summed E-state index contributed by atoms with van der Waals surface area (Å²) < 4.78 is 5.24. The zero-order chi connectivity index (χ0) is 11.4. The van der Waals surface area contributed by atoms with Gasteiger partial charge in [-0.25, -0.2) is 4.79 Å². The fourth-order valence-electron chi connectivity index (χ4n) is 2.60. The molecule has 0 radical (unpaired) electrons. The van der Waals surface area contributed by atoms with Crippen molar-refractivity contribution >= 4 is 6.03 Å². The van der Waals surface area contributed by atoms with Gasteiger partial charge in [-0.3, -0.25) is 0 Å². The molecular weight excluding hydrogens is 204 g/mol. The van der Waals surface area contributed by atoms with Gasteiger partial charge in [0.05, 0.1) is 13.2 Å². The van der Waals surface area contributed by atoms with Gasteiger partial charge < -0.3 is 15.0 Å². The highest BCUT2D eigenvalue weighted by Crippen LogP contribution is 2.23. The quantitative estimate of drug-likeness (QED) is 0.738. The maximum Gasteiger partial charge on any atom is 0.317 e. The molecule has 1 saturated carbocycles. The molecule has 0 aromatic carbocycles. The van der Waals surface area contributed by atoms with Gasteiger partial charge in [0.1, 0.15) is 0 Å². The largest absolute Gasteiger partial charge is 0.378 e. The Balaban J connectivity index is 1.77. The molecule has 4 nitrogen and oxygen atoms in total. The Bertz CT molecular complexity index is 239. The summed E-state index contributed by atoms with van der Waals surface area (Å²) in [4.78, 5) is 13.8. The first-order valence-electron chi connectivity index (χ1n) is 6.39. The molecule has 2 atom stereocenters. The van der Waals surface area contributed by atoms with Crippen LogP contribution in [0, 0.1) is 5.92 Å². The summed E-state index contributed by atoms with van der Waals surface area (Å²) in [7, 11) is 0. The van der Waals surface area contributed by atoms with Crippen molar-refractivity contribution in [2.24, 2.45) is 5.92 Å². The molecule has 0 spiro atoms. The third-order valence-electron chi connectivity index (χ3n) is 3.56. The standard InChI is InChI=1S/C12H22N2O2/c1-10-3-2-4-11(9-10)13-12(15)14-5-7-16-8-6-14/h10-11H,2-9H2,1H3,(H,13,15)/t10-,11+/m0/s1. The molecule has 92 valence electrons. The van der Waals surface area contributed by atoms with Crippen LogP contribution in [0.3, 0.4) is 0 Å². The smallest absolute Gasteiger partial charge is 0.317 e. The molecule has 2 amide bonds. The van der Waals surface area contributed by atoms with Gasteiger partial charge in [-0.1, -0.05) is 19.8 Å². The molecule has 2 aliphatic rings. The van der Waals surface area contributed by atoms with Crippen molar-refractivity contribution in [1.29, 1.82) is 0 Å². The van der Waals surface area contributed by atoms with E-state index in [1.807, 2.05) is 4.90 Å². The first-order valence-corrected chi connectivity index (χ1v) is 6.39. The summed E-state index contributed by atoms with van der Waals surface area (Å²) in [5.74, 6) is 0.753. The van der Waals surface area contributed by atoms with Crippen LogP contribution in [0.5, 0.6) is 0 Å². The summed E-state index contributed by atoms with van der Waals surface area (Å²) >= 11 is 0. The predicted octanol–water partition coefficient (Wildman–Crippen LogP) is 1.61. The molecule has 0 bridgehead atoms. The highest BCUT2D eigenvalue weighted by molar-refractivity contribution is 5.74. The molecule has 1 N–H and O–H groups in total. The second-order valence-corrected chi connectivity index (χ2v) is 5.02. The SMILES string of the molecule is C[C@H]1CCC[C@@H](NC(=O)N2CCOCC2)C1. The van der Waals surface area contributed by atoms with E-state index in [0.717, 1.165) is 31.8 Å². The highest BCUT2D eigenvalue weighted by Gasteiger charge is 2.23. The maximum atomic E-state index is 11.9. The van der Waals surface area contributed by atoms with Gasteiger partial charge in [0.2, 0.25) is 0 Å². The monoisotopic (exact) mass is 226 g/mol. The van der Waals surface area contributed by atoms with Gasteiger partial charge in [0.15, 0.2) is 0 Å². The summed E-state index contributed by atoms with van der Waals surface area (Å²) in [6.45, 7) is 5.08. The lowest BCUT2D eigenvalue weighted by Crippen LogP contribution is -2.50. The lowest BCUT2D eigenvalue weighted by atomic mass is 9.87. The van der Waals surface area contributed by atoms with Crippen LogP contribution in [0.15, 0.2) is 0 Å². The number of nitrogens with zero attached hydrogens (tertiary/aromatic N) is 1. The Labute approximate surface area is 97.3 Å². The van der Waals surface area contributed by atoms with Gasteiger partial charge in [0, 0.05) is 19.1 Å². The van der Waals surface area contributed by atoms with E-state index in [1.165, 1.54) is 12.8 Å². The minimum absolute atomic E-state index is 0.0994. The van der Waals surface area contributed by atoms with Crippen LogP contribution >= 0.6 is 0 Å². The molecule has 1 heterocycles. The number of rotatable bonds is 1. The number of carbonyl (C=O) groups is 1. The first-order chi connectivity index (χ1) is 7.75. The van der Waals surface area contributed by atoms with Crippen LogP contribution in [-0.2, 0) is 4.74 Å². The van der Waals surface area contributed by atoms with Crippen molar-refractivity contribution in [3.8, 4) is 0 Å². The van der Waals surface area contributed by atoms with Gasteiger partial charge in [-0.2, -0.15) is 0 Å². The Hall–Kier alpha value is -0.770. The maximum absolute atomic E-state index is 11.9. The molecule has 0 aromatic rings. The predicted molar refractivity (Wildman–Crippen MR) is 62.3 cm³/mol. The third kappa shape index (κ3) is 3.11. The van der Waals surface area contributed by atoms with Crippen LogP contribution in [0.4, 0.5) is 4.79 Å². The molecule has 4 heteroatoms. The normalized spacial score (nSPS) is 31.2. The van der Waals surface area contributed by atoms with E-state index in [4.69, 9.17) is 4.74 Å². The van der Waals surface area contributed by atoms with E-state index in [9.17, 15) is 4.79 Å². The Morgan fingerprint density at radius 1 is 1.31 bits per heavy atom. The van der Waals surface area contributed by atoms with E-state index in [-0.39, 0.29) is 6.03 Å². The average molecular weight is 226 g/mol. The molecule has 1 aliphatic heterocycles. The molecular formula is C12H22N2O2. The molecule has 1 aliphatic carbocycles. The molecule has 2 rings (SSSR count). The first kappa shape index (κ1) is 11.7. The number of nitrogens with one attached hydrogen (secondary N) is 1. The highest BCUT2D eigenvalue weighted by atomic mass is 16.5. The molecule has 16 heavy (non-hydrogen) atoms. The van der Waals surface area contributed by atoms with Crippen LogP contribution in [0.25, 0.3) is 0 Å². The van der Waals surface area contributed by atoms with Crippen LogP contribution in [0.2, 0.25) is 0 Å². The zero-order valence-electron chi connectivity index (χ0n) is 10.1. The topological polar surface area (TPSA) is 41.6 Å². The van der Waals surface area contributed by atoms with Crippen molar-refractivity contribution in [2.45, 2.75) is 38.6 Å². The fraction of sp³-hybridized carbons (Fsp3) is 0.917.